The highest BCUT2D eigenvalue weighted by molar-refractivity contribution is 7.71. The molecule has 0 aliphatic heterocycles. The molecule has 0 aliphatic carbocycles. The molecule has 0 saturated carbocycles. The molecule has 1 heterocycles. The largest absolute Gasteiger partial charge is 0.467 e. The van der Waals surface area contributed by atoms with Gasteiger partial charge in [-0.25, -0.2) is 4.79 Å². The van der Waals surface area contributed by atoms with Crippen LogP contribution in [0.2, 0.25) is 0 Å². The molecule has 1 amide bonds. The van der Waals surface area contributed by atoms with Crippen LogP contribution in [0.1, 0.15) is 32.3 Å². The summed E-state index contributed by atoms with van der Waals surface area (Å²) in [5.74, 6) is -0.232. The standard InChI is InChI=1S/C18H24N4O3S/c1-5-9-18(3,16(24)25-4)19-14(23)11-22-15(20-21-17(22)26)13-8-6-7-12(2)10-13/h6-8,10H,5,9,11H2,1-4H3,(H,19,23)(H,21,26). The number of amides is 1. The van der Waals surface area contributed by atoms with E-state index in [4.69, 9.17) is 17.0 Å². The molecule has 0 radical (unpaired) electrons. The maximum absolute atomic E-state index is 12.6. The van der Waals surface area contributed by atoms with Crippen LogP contribution in [-0.2, 0) is 20.9 Å². The van der Waals surface area contributed by atoms with Crippen molar-refractivity contribution in [3.05, 3.63) is 34.6 Å². The lowest BCUT2D eigenvalue weighted by atomic mass is 9.96. The Labute approximate surface area is 157 Å². The molecule has 1 aromatic heterocycles. The van der Waals surface area contributed by atoms with Crippen LogP contribution in [0.25, 0.3) is 11.4 Å². The van der Waals surface area contributed by atoms with Gasteiger partial charge in [0.25, 0.3) is 0 Å². The lowest BCUT2D eigenvalue weighted by Gasteiger charge is -2.27. The van der Waals surface area contributed by atoms with Crippen LogP contribution < -0.4 is 5.32 Å². The van der Waals surface area contributed by atoms with E-state index in [1.54, 1.807) is 11.5 Å². The first-order chi connectivity index (χ1) is 12.3. The van der Waals surface area contributed by atoms with Gasteiger partial charge in [0.05, 0.1) is 7.11 Å². The molecule has 0 aliphatic rings. The Morgan fingerprint density at radius 2 is 2.15 bits per heavy atom. The first kappa shape index (κ1) is 19.8. The molecule has 26 heavy (non-hydrogen) atoms. The van der Waals surface area contributed by atoms with Crippen LogP contribution >= 0.6 is 12.2 Å². The van der Waals surface area contributed by atoms with E-state index in [0.29, 0.717) is 17.0 Å². The molecular formula is C18H24N4O3S. The van der Waals surface area contributed by atoms with Crippen LogP contribution in [0, 0.1) is 11.7 Å². The predicted molar refractivity (Wildman–Crippen MR) is 101 cm³/mol. The number of aromatic amines is 1. The van der Waals surface area contributed by atoms with Crippen LogP contribution in [0.3, 0.4) is 0 Å². The van der Waals surface area contributed by atoms with Crippen molar-refractivity contribution in [1.82, 2.24) is 20.1 Å². The molecule has 1 unspecified atom stereocenters. The second kappa shape index (κ2) is 8.27. The fourth-order valence-electron chi connectivity index (χ4n) is 2.90. The Hall–Kier alpha value is -2.48. The van der Waals surface area contributed by atoms with Crippen molar-refractivity contribution in [1.29, 1.82) is 0 Å². The topological polar surface area (TPSA) is 89.0 Å². The summed E-state index contributed by atoms with van der Waals surface area (Å²) in [6, 6.07) is 7.77. The maximum atomic E-state index is 12.6. The summed E-state index contributed by atoms with van der Waals surface area (Å²) in [6.07, 6.45) is 1.21. The fraction of sp³-hybridized carbons (Fsp3) is 0.444. The number of H-pyrrole nitrogens is 1. The van der Waals surface area contributed by atoms with E-state index in [1.165, 1.54) is 7.11 Å². The van der Waals surface area contributed by atoms with Gasteiger partial charge in [-0.3, -0.25) is 14.5 Å². The van der Waals surface area contributed by atoms with Gasteiger partial charge in [-0.1, -0.05) is 37.1 Å². The average Bonchev–Trinajstić information content (AvgIpc) is 2.94. The number of carbonyl (C=O) groups excluding carboxylic acids is 2. The summed E-state index contributed by atoms with van der Waals surface area (Å²) in [6.45, 7) is 5.54. The van der Waals surface area contributed by atoms with Crippen LogP contribution in [0.4, 0.5) is 0 Å². The van der Waals surface area contributed by atoms with E-state index >= 15 is 0 Å². The van der Waals surface area contributed by atoms with E-state index in [1.807, 2.05) is 38.1 Å². The number of nitrogens with zero attached hydrogens (tertiary/aromatic N) is 2. The molecular weight excluding hydrogens is 352 g/mol. The van der Waals surface area contributed by atoms with Gasteiger partial charge in [0.15, 0.2) is 10.6 Å². The molecule has 8 heteroatoms. The first-order valence-corrected chi connectivity index (χ1v) is 8.83. The zero-order valence-corrected chi connectivity index (χ0v) is 16.3. The minimum absolute atomic E-state index is 0.0467. The minimum atomic E-state index is -1.07. The Bertz CT molecular complexity index is 858. The van der Waals surface area contributed by atoms with Crippen molar-refractivity contribution in [2.75, 3.05) is 7.11 Å². The van der Waals surface area contributed by atoms with Gasteiger partial charge in [-0.05, 0) is 38.6 Å². The van der Waals surface area contributed by atoms with Crippen LogP contribution in [0.15, 0.2) is 24.3 Å². The summed E-state index contributed by atoms with van der Waals surface area (Å²) < 4.78 is 6.79. The number of aromatic nitrogens is 3. The number of esters is 1. The van der Waals surface area contributed by atoms with Gasteiger partial charge in [0.1, 0.15) is 12.1 Å². The van der Waals surface area contributed by atoms with Crippen molar-refractivity contribution in [3.8, 4) is 11.4 Å². The summed E-state index contributed by atoms with van der Waals surface area (Å²) >= 11 is 5.26. The zero-order chi connectivity index (χ0) is 19.3. The monoisotopic (exact) mass is 376 g/mol. The predicted octanol–water partition coefficient (Wildman–Crippen LogP) is 2.76. The van der Waals surface area contributed by atoms with Crippen molar-refractivity contribution in [2.45, 2.75) is 45.7 Å². The Morgan fingerprint density at radius 1 is 1.42 bits per heavy atom. The lowest BCUT2D eigenvalue weighted by Crippen LogP contribution is -2.53. The van der Waals surface area contributed by atoms with Crippen molar-refractivity contribution in [2.24, 2.45) is 0 Å². The summed E-state index contributed by atoms with van der Waals surface area (Å²) in [7, 11) is 1.31. The number of methoxy groups -OCH3 is 1. The fourth-order valence-corrected chi connectivity index (χ4v) is 3.10. The van der Waals surface area contributed by atoms with Gasteiger partial charge in [-0.2, -0.15) is 5.10 Å². The quantitative estimate of drug-likeness (QED) is 0.573. The minimum Gasteiger partial charge on any atom is -0.467 e. The third-order valence-electron chi connectivity index (χ3n) is 4.14. The second-order valence-electron chi connectivity index (χ2n) is 6.43. The zero-order valence-electron chi connectivity index (χ0n) is 15.5. The highest BCUT2D eigenvalue weighted by Gasteiger charge is 2.35. The second-order valence-corrected chi connectivity index (χ2v) is 6.82. The molecule has 0 saturated heterocycles. The number of carbonyl (C=O) groups is 2. The number of nitrogens with one attached hydrogen (secondary N) is 2. The normalized spacial score (nSPS) is 13.1. The number of aryl methyl sites for hydroxylation is 1. The van der Waals surface area contributed by atoms with Crippen molar-refractivity contribution >= 4 is 24.1 Å². The van der Waals surface area contributed by atoms with E-state index in [0.717, 1.165) is 17.5 Å². The molecule has 0 bridgehead atoms. The van der Waals surface area contributed by atoms with E-state index in [9.17, 15) is 9.59 Å². The number of hydrogen-bond donors (Lipinski definition) is 2. The maximum Gasteiger partial charge on any atom is 0.331 e. The summed E-state index contributed by atoms with van der Waals surface area (Å²) in [5.41, 5.74) is 0.860. The SMILES string of the molecule is CCCC(C)(NC(=O)Cn1c(-c2cccc(C)c2)n[nH]c1=S)C(=O)OC. The van der Waals surface area contributed by atoms with Crippen molar-refractivity contribution < 1.29 is 14.3 Å². The van der Waals surface area contributed by atoms with Crippen LogP contribution in [-0.4, -0.2) is 39.3 Å². The van der Waals surface area contributed by atoms with E-state index in [2.05, 4.69) is 15.5 Å². The highest BCUT2D eigenvalue weighted by Crippen LogP contribution is 2.19. The Kier molecular flexibility index (Phi) is 6.31. The molecule has 7 nitrogen and oxygen atoms in total. The molecule has 1 aromatic carbocycles. The third kappa shape index (κ3) is 4.37. The first-order valence-electron chi connectivity index (χ1n) is 8.42. The average molecular weight is 376 g/mol. The lowest BCUT2D eigenvalue weighted by molar-refractivity contribution is -0.150. The van der Waals surface area contributed by atoms with Gasteiger partial charge < -0.3 is 10.1 Å². The Morgan fingerprint density at radius 3 is 2.77 bits per heavy atom. The number of rotatable bonds is 7. The number of ether oxygens (including phenoxy) is 1. The molecule has 2 rings (SSSR count). The molecule has 140 valence electrons. The number of hydrogen-bond acceptors (Lipinski definition) is 5. The number of benzene rings is 1. The van der Waals surface area contributed by atoms with Gasteiger partial charge in [0.2, 0.25) is 5.91 Å². The summed E-state index contributed by atoms with van der Waals surface area (Å²) in [4.78, 5) is 24.7. The van der Waals surface area contributed by atoms with Gasteiger partial charge >= 0.3 is 5.97 Å². The van der Waals surface area contributed by atoms with Gasteiger partial charge in [-0.15, -0.1) is 0 Å². The molecule has 2 aromatic rings. The molecule has 0 fully saturated rings. The van der Waals surface area contributed by atoms with Crippen LogP contribution in [0.5, 0.6) is 0 Å². The third-order valence-corrected chi connectivity index (χ3v) is 4.45. The summed E-state index contributed by atoms with van der Waals surface area (Å²) in [5, 5.41) is 9.74. The van der Waals surface area contributed by atoms with E-state index < -0.39 is 11.5 Å². The smallest absolute Gasteiger partial charge is 0.331 e. The van der Waals surface area contributed by atoms with Crippen molar-refractivity contribution in [3.63, 3.8) is 0 Å². The highest BCUT2D eigenvalue weighted by atomic mass is 32.1. The van der Waals surface area contributed by atoms with E-state index in [-0.39, 0.29) is 12.5 Å². The van der Waals surface area contributed by atoms with Gasteiger partial charge in [0, 0.05) is 5.56 Å². The molecule has 1 atom stereocenters. The Balaban J connectivity index is 2.26. The molecule has 0 spiro atoms. The molecule has 2 N–H and O–H groups in total.